The number of hydrogen-bond acceptors (Lipinski definition) is 4. The number of alkyl halides is 3. The van der Waals surface area contributed by atoms with Gasteiger partial charge in [-0.1, -0.05) is 19.9 Å². The molecule has 28 heavy (non-hydrogen) atoms. The van der Waals surface area contributed by atoms with Gasteiger partial charge in [0.15, 0.2) is 0 Å². The maximum Gasteiger partial charge on any atom is 0.419 e. The number of nitrogens with one attached hydrogen (secondary N) is 3. The lowest BCUT2D eigenvalue weighted by Crippen LogP contribution is -2.65. The van der Waals surface area contributed by atoms with E-state index in [1.54, 1.807) is 32.8 Å². The molecule has 6 nitrogen and oxygen atoms in total. The average molecular weight is 404 g/mol. The van der Waals surface area contributed by atoms with Gasteiger partial charge in [-0.15, -0.1) is 0 Å². The number of carbonyl (C=O) groups is 2. The largest absolute Gasteiger partial charge is 0.419 e. The second kappa shape index (κ2) is 8.44. The highest BCUT2D eigenvalue weighted by atomic mass is 19.4. The molecular formula is C18H24F4N4O2. The molecule has 1 aromatic rings. The predicted molar refractivity (Wildman–Crippen MR) is 94.3 cm³/mol. The Morgan fingerprint density at radius 3 is 2.43 bits per heavy atom. The van der Waals surface area contributed by atoms with Crippen LogP contribution in [-0.2, 0) is 15.8 Å². The van der Waals surface area contributed by atoms with Crippen molar-refractivity contribution in [1.29, 1.82) is 0 Å². The van der Waals surface area contributed by atoms with Gasteiger partial charge in [0, 0.05) is 0 Å². The van der Waals surface area contributed by atoms with E-state index in [1.165, 1.54) is 0 Å². The van der Waals surface area contributed by atoms with Crippen LogP contribution in [0.3, 0.4) is 0 Å². The summed E-state index contributed by atoms with van der Waals surface area (Å²) in [6, 6.07) is 1.08. The van der Waals surface area contributed by atoms with Crippen molar-refractivity contribution in [1.82, 2.24) is 20.9 Å². The summed E-state index contributed by atoms with van der Waals surface area (Å²) in [5.74, 6) is -2.41. The van der Waals surface area contributed by atoms with Gasteiger partial charge in [0.2, 0.25) is 11.8 Å². The number of rotatable bonds is 5. The van der Waals surface area contributed by atoms with Gasteiger partial charge in [0.25, 0.3) is 0 Å². The van der Waals surface area contributed by atoms with Crippen molar-refractivity contribution in [3.05, 3.63) is 35.1 Å². The van der Waals surface area contributed by atoms with Gasteiger partial charge in [-0.3, -0.25) is 19.8 Å². The van der Waals surface area contributed by atoms with Crippen LogP contribution in [0.25, 0.3) is 0 Å². The molecule has 0 aliphatic carbocycles. The highest BCUT2D eigenvalue weighted by Gasteiger charge is 2.36. The van der Waals surface area contributed by atoms with Crippen molar-refractivity contribution in [2.75, 3.05) is 14.1 Å². The van der Waals surface area contributed by atoms with Crippen LogP contribution in [0, 0.1) is 11.7 Å². The average Bonchev–Trinajstić information content (AvgIpc) is 2.57. The zero-order valence-corrected chi connectivity index (χ0v) is 16.0. The SMILES string of the molecule is CC(C)[C@@H](NC(=O)C1CC(=O)NC(N(C)C)N1)c1ccc(C(F)(F)F)c(F)c1. The molecule has 0 spiro atoms. The predicted octanol–water partition coefficient (Wildman–Crippen LogP) is 1.98. The molecule has 1 heterocycles. The standard InChI is InChI=1S/C18H24F4N4O2/c1-9(2)15(10-5-6-11(12(19)7-10)18(20,21)22)25-16(28)13-8-14(27)24-17(23-13)26(3)4/h5-7,9,13,15,17,23H,8H2,1-4H3,(H,24,27)(H,25,28)/t13?,15-,17?/m1/s1. The number of nitrogens with zero attached hydrogens (tertiary/aromatic N) is 1. The molecule has 1 fully saturated rings. The van der Waals surface area contributed by atoms with E-state index in [4.69, 9.17) is 0 Å². The Morgan fingerprint density at radius 1 is 1.29 bits per heavy atom. The van der Waals surface area contributed by atoms with Gasteiger partial charge in [0.05, 0.1) is 24.1 Å². The van der Waals surface area contributed by atoms with Gasteiger partial charge in [0.1, 0.15) is 12.1 Å². The lowest BCUT2D eigenvalue weighted by Gasteiger charge is -2.35. The van der Waals surface area contributed by atoms with Crippen LogP contribution in [0.15, 0.2) is 18.2 Å². The van der Waals surface area contributed by atoms with E-state index in [1.807, 2.05) is 0 Å². The minimum Gasteiger partial charge on any atom is -0.348 e. The van der Waals surface area contributed by atoms with Crippen LogP contribution in [0.2, 0.25) is 0 Å². The molecular weight excluding hydrogens is 380 g/mol. The zero-order chi connectivity index (χ0) is 21.2. The van der Waals surface area contributed by atoms with E-state index in [0.717, 1.165) is 12.1 Å². The molecule has 2 unspecified atom stereocenters. The van der Waals surface area contributed by atoms with Crippen LogP contribution in [0.1, 0.15) is 37.4 Å². The summed E-state index contributed by atoms with van der Waals surface area (Å²) >= 11 is 0. The third-order valence-corrected chi connectivity index (χ3v) is 4.50. The topological polar surface area (TPSA) is 73.5 Å². The maximum absolute atomic E-state index is 13.9. The molecule has 156 valence electrons. The Kier molecular flexibility index (Phi) is 6.66. The van der Waals surface area contributed by atoms with Crippen LogP contribution in [0.5, 0.6) is 0 Å². The number of hydrogen-bond donors (Lipinski definition) is 3. The first kappa shape index (κ1) is 22.1. The number of amides is 2. The van der Waals surface area contributed by atoms with Crippen LogP contribution >= 0.6 is 0 Å². The third kappa shape index (κ3) is 5.20. The lowest BCUT2D eigenvalue weighted by molar-refractivity contribution is -0.140. The number of benzene rings is 1. The molecule has 0 aromatic heterocycles. The summed E-state index contributed by atoms with van der Waals surface area (Å²) in [7, 11) is 3.44. The lowest BCUT2D eigenvalue weighted by atomic mass is 9.94. The van der Waals surface area contributed by atoms with Gasteiger partial charge in [-0.2, -0.15) is 13.2 Å². The summed E-state index contributed by atoms with van der Waals surface area (Å²) < 4.78 is 52.3. The zero-order valence-electron chi connectivity index (χ0n) is 16.0. The molecule has 2 amide bonds. The molecule has 10 heteroatoms. The first-order valence-corrected chi connectivity index (χ1v) is 8.79. The summed E-state index contributed by atoms with van der Waals surface area (Å²) in [5.41, 5.74) is -1.14. The molecule has 3 N–H and O–H groups in total. The smallest absolute Gasteiger partial charge is 0.348 e. The highest BCUT2D eigenvalue weighted by molar-refractivity contribution is 5.89. The van der Waals surface area contributed by atoms with Gasteiger partial charge < -0.3 is 10.6 Å². The summed E-state index contributed by atoms with van der Waals surface area (Å²) in [5, 5.41) is 8.37. The number of carbonyl (C=O) groups excluding carboxylic acids is 2. The maximum atomic E-state index is 13.9. The fraction of sp³-hybridized carbons (Fsp3) is 0.556. The minimum absolute atomic E-state index is 0.0810. The van der Waals surface area contributed by atoms with Crippen molar-refractivity contribution in [3.8, 4) is 0 Å². The van der Waals surface area contributed by atoms with Crippen LogP contribution < -0.4 is 16.0 Å². The molecule has 2 rings (SSSR count). The Hall–Kier alpha value is -2.20. The first-order valence-electron chi connectivity index (χ1n) is 8.79. The van der Waals surface area contributed by atoms with Crippen molar-refractivity contribution in [3.63, 3.8) is 0 Å². The van der Waals surface area contributed by atoms with E-state index in [9.17, 15) is 27.2 Å². The highest BCUT2D eigenvalue weighted by Crippen LogP contribution is 2.33. The van der Waals surface area contributed by atoms with E-state index < -0.39 is 41.8 Å². The Morgan fingerprint density at radius 2 is 1.93 bits per heavy atom. The van der Waals surface area contributed by atoms with E-state index >= 15 is 0 Å². The Balaban J connectivity index is 2.20. The third-order valence-electron chi connectivity index (χ3n) is 4.50. The second-order valence-electron chi connectivity index (χ2n) is 7.32. The normalized spacial score (nSPS) is 21.6. The number of halogens is 4. The van der Waals surface area contributed by atoms with Crippen molar-refractivity contribution < 1.29 is 27.2 Å². The van der Waals surface area contributed by atoms with Crippen molar-refractivity contribution in [2.45, 2.75) is 44.8 Å². The molecule has 1 saturated heterocycles. The van der Waals surface area contributed by atoms with Gasteiger partial charge in [-0.05, 0) is 37.7 Å². The van der Waals surface area contributed by atoms with E-state index in [-0.39, 0.29) is 23.8 Å². The quantitative estimate of drug-likeness (QED) is 0.657. The molecule has 0 radical (unpaired) electrons. The van der Waals surface area contributed by atoms with Crippen LogP contribution in [0.4, 0.5) is 17.6 Å². The molecule has 0 bridgehead atoms. The Bertz CT molecular complexity index is 737. The summed E-state index contributed by atoms with van der Waals surface area (Å²) in [6.07, 6.45) is -5.40. The summed E-state index contributed by atoms with van der Waals surface area (Å²) in [4.78, 5) is 26.2. The molecule has 3 atom stereocenters. The summed E-state index contributed by atoms with van der Waals surface area (Å²) in [6.45, 7) is 3.51. The van der Waals surface area contributed by atoms with E-state index in [0.29, 0.717) is 6.07 Å². The molecule has 0 saturated carbocycles. The molecule has 1 aliphatic rings. The first-order chi connectivity index (χ1) is 12.9. The van der Waals surface area contributed by atoms with Gasteiger partial charge in [-0.25, -0.2) is 4.39 Å². The Labute approximate surface area is 160 Å². The van der Waals surface area contributed by atoms with Crippen molar-refractivity contribution in [2.24, 2.45) is 5.92 Å². The fourth-order valence-corrected chi connectivity index (χ4v) is 2.98. The van der Waals surface area contributed by atoms with Gasteiger partial charge >= 0.3 is 6.18 Å². The van der Waals surface area contributed by atoms with Crippen LogP contribution in [-0.4, -0.2) is 43.1 Å². The molecule has 1 aromatic carbocycles. The second-order valence-corrected chi connectivity index (χ2v) is 7.32. The van der Waals surface area contributed by atoms with Crippen molar-refractivity contribution >= 4 is 11.8 Å². The minimum atomic E-state index is -4.79. The van der Waals surface area contributed by atoms with E-state index in [2.05, 4.69) is 16.0 Å². The monoisotopic (exact) mass is 404 g/mol. The molecule has 1 aliphatic heterocycles. The fourth-order valence-electron chi connectivity index (χ4n) is 2.98.